The van der Waals surface area contributed by atoms with E-state index in [2.05, 4.69) is 31.1 Å². The molecule has 1 N–H and O–H groups in total. The van der Waals surface area contributed by atoms with Crippen molar-refractivity contribution >= 4 is 0 Å². The van der Waals surface area contributed by atoms with Crippen LogP contribution in [0.4, 0.5) is 0 Å². The lowest BCUT2D eigenvalue weighted by molar-refractivity contribution is 0.0644. The number of methoxy groups -OCH3 is 1. The molecule has 0 fully saturated rings. The van der Waals surface area contributed by atoms with Gasteiger partial charge in [-0.05, 0) is 32.9 Å². The first-order valence-electron chi connectivity index (χ1n) is 7.41. The predicted octanol–water partition coefficient (Wildman–Crippen LogP) is 2.40. The quantitative estimate of drug-likeness (QED) is 0.672. The Morgan fingerprint density at radius 3 is 2.52 bits per heavy atom. The molecule has 0 saturated carbocycles. The molecule has 21 heavy (non-hydrogen) atoms. The lowest BCUT2D eigenvalue weighted by Crippen LogP contribution is -2.35. The molecule has 0 saturated heterocycles. The van der Waals surface area contributed by atoms with Gasteiger partial charge in [-0.25, -0.2) is 0 Å². The highest BCUT2D eigenvalue weighted by atomic mass is 16.5. The number of nitrogens with one attached hydrogen (secondary N) is 1. The number of rotatable bonds is 10. The number of hydrogen-bond donors (Lipinski definition) is 1. The molecule has 0 bridgehead atoms. The van der Waals surface area contributed by atoms with Crippen molar-refractivity contribution in [3.05, 3.63) is 24.0 Å². The second kappa shape index (κ2) is 9.71. The maximum Gasteiger partial charge on any atom is 0.137 e. The number of nitrogens with zero attached hydrogens (tertiary/aromatic N) is 1. The molecule has 1 heterocycles. The topological polar surface area (TPSA) is 52.6 Å². The molecule has 0 aliphatic heterocycles. The standard InChI is InChI=1S/C16H28N2O3/c1-16(2,3)18-12-14-6-7-15(13-17-14)21-9-5-8-20-11-10-19-4/h6-7,13,18H,5,8-12H2,1-4H3. The summed E-state index contributed by atoms with van der Waals surface area (Å²) in [7, 11) is 1.67. The highest BCUT2D eigenvalue weighted by Gasteiger charge is 2.08. The van der Waals surface area contributed by atoms with Gasteiger partial charge in [-0.1, -0.05) is 0 Å². The van der Waals surface area contributed by atoms with Crippen LogP contribution < -0.4 is 10.1 Å². The number of hydrogen-bond acceptors (Lipinski definition) is 5. The van der Waals surface area contributed by atoms with E-state index in [0.717, 1.165) is 24.4 Å². The van der Waals surface area contributed by atoms with E-state index in [1.54, 1.807) is 13.3 Å². The molecule has 0 atom stereocenters. The summed E-state index contributed by atoms with van der Waals surface area (Å²) in [5.41, 5.74) is 1.11. The molecular formula is C16H28N2O3. The lowest BCUT2D eigenvalue weighted by atomic mass is 10.1. The van der Waals surface area contributed by atoms with Crippen molar-refractivity contribution in [1.82, 2.24) is 10.3 Å². The highest BCUT2D eigenvalue weighted by Crippen LogP contribution is 2.10. The molecule has 0 radical (unpaired) electrons. The first-order valence-corrected chi connectivity index (χ1v) is 7.41. The number of pyridine rings is 1. The van der Waals surface area contributed by atoms with Crippen molar-refractivity contribution in [3.63, 3.8) is 0 Å². The Balaban J connectivity index is 2.16. The fraction of sp³-hybridized carbons (Fsp3) is 0.688. The van der Waals surface area contributed by atoms with Gasteiger partial charge < -0.3 is 19.5 Å². The lowest BCUT2D eigenvalue weighted by Gasteiger charge is -2.20. The van der Waals surface area contributed by atoms with E-state index >= 15 is 0 Å². The van der Waals surface area contributed by atoms with Crippen molar-refractivity contribution in [2.75, 3.05) is 33.5 Å². The molecule has 5 heteroatoms. The first-order chi connectivity index (χ1) is 10.0. The third-order valence-corrected chi connectivity index (χ3v) is 2.73. The summed E-state index contributed by atoms with van der Waals surface area (Å²) in [5, 5.41) is 3.40. The molecule has 0 aliphatic rings. The van der Waals surface area contributed by atoms with Crippen molar-refractivity contribution in [2.45, 2.75) is 39.3 Å². The minimum atomic E-state index is 0.0969. The zero-order valence-corrected chi connectivity index (χ0v) is 13.6. The third-order valence-electron chi connectivity index (χ3n) is 2.73. The van der Waals surface area contributed by atoms with Gasteiger partial charge in [0, 0.05) is 32.2 Å². The smallest absolute Gasteiger partial charge is 0.137 e. The average molecular weight is 296 g/mol. The van der Waals surface area contributed by atoms with Crippen molar-refractivity contribution in [1.29, 1.82) is 0 Å². The van der Waals surface area contributed by atoms with E-state index < -0.39 is 0 Å². The van der Waals surface area contributed by atoms with Gasteiger partial charge in [0.2, 0.25) is 0 Å². The summed E-state index contributed by atoms with van der Waals surface area (Å²) >= 11 is 0. The molecule has 0 aliphatic carbocycles. The van der Waals surface area contributed by atoms with Crippen LogP contribution in [0.3, 0.4) is 0 Å². The maximum atomic E-state index is 5.62. The van der Waals surface area contributed by atoms with E-state index in [4.69, 9.17) is 14.2 Å². The molecule has 0 aromatic carbocycles. The van der Waals surface area contributed by atoms with Crippen molar-refractivity contribution in [2.24, 2.45) is 0 Å². The SMILES string of the molecule is COCCOCCCOc1ccc(CNC(C)(C)C)nc1. The van der Waals surface area contributed by atoms with Crippen LogP contribution in [0.5, 0.6) is 5.75 Å². The second-order valence-electron chi connectivity index (χ2n) is 5.90. The normalized spacial score (nSPS) is 11.6. The Bertz CT molecular complexity index is 374. The Labute approximate surface area is 128 Å². The molecule has 0 amide bonds. The number of ether oxygens (including phenoxy) is 3. The summed E-state index contributed by atoms with van der Waals surface area (Å²) in [5.74, 6) is 0.798. The molecule has 1 aromatic heterocycles. The zero-order valence-electron chi connectivity index (χ0n) is 13.6. The Morgan fingerprint density at radius 1 is 1.10 bits per heavy atom. The largest absolute Gasteiger partial charge is 0.492 e. The van der Waals surface area contributed by atoms with E-state index in [-0.39, 0.29) is 5.54 Å². The van der Waals surface area contributed by atoms with Crippen LogP contribution in [0.1, 0.15) is 32.9 Å². The molecular weight excluding hydrogens is 268 g/mol. The molecule has 5 nitrogen and oxygen atoms in total. The van der Waals surface area contributed by atoms with Gasteiger partial charge in [-0.15, -0.1) is 0 Å². The van der Waals surface area contributed by atoms with E-state index in [9.17, 15) is 0 Å². The van der Waals surface area contributed by atoms with Gasteiger partial charge >= 0.3 is 0 Å². The van der Waals surface area contributed by atoms with Crippen LogP contribution >= 0.6 is 0 Å². The molecule has 120 valence electrons. The summed E-state index contributed by atoms with van der Waals surface area (Å²) < 4.78 is 15.9. The van der Waals surface area contributed by atoms with Crippen LogP contribution in [0, 0.1) is 0 Å². The fourth-order valence-corrected chi connectivity index (χ4v) is 1.55. The third kappa shape index (κ3) is 9.39. The van der Waals surface area contributed by atoms with Gasteiger partial charge in [-0.3, -0.25) is 4.98 Å². The van der Waals surface area contributed by atoms with Gasteiger partial charge in [0.1, 0.15) is 5.75 Å². The summed E-state index contributed by atoms with van der Waals surface area (Å²) in [6, 6.07) is 3.95. The molecule has 1 aromatic rings. The highest BCUT2D eigenvalue weighted by molar-refractivity contribution is 5.19. The van der Waals surface area contributed by atoms with Crippen LogP contribution in [0.15, 0.2) is 18.3 Å². The summed E-state index contributed by atoms with van der Waals surface area (Å²) in [4.78, 5) is 4.39. The minimum absolute atomic E-state index is 0.0969. The van der Waals surface area contributed by atoms with E-state index in [1.807, 2.05) is 12.1 Å². The zero-order chi connectivity index (χ0) is 15.6. The minimum Gasteiger partial charge on any atom is -0.492 e. The Hall–Kier alpha value is -1.17. The first kappa shape index (κ1) is 17.9. The van der Waals surface area contributed by atoms with Crippen LogP contribution in [-0.2, 0) is 16.0 Å². The van der Waals surface area contributed by atoms with Crippen LogP contribution in [0.2, 0.25) is 0 Å². The van der Waals surface area contributed by atoms with Gasteiger partial charge in [0.15, 0.2) is 0 Å². The van der Waals surface area contributed by atoms with Crippen molar-refractivity contribution in [3.8, 4) is 5.75 Å². The summed E-state index contributed by atoms with van der Waals surface area (Å²) in [6.07, 6.45) is 2.63. The van der Waals surface area contributed by atoms with E-state index in [0.29, 0.717) is 26.4 Å². The Kier molecular flexibility index (Phi) is 8.27. The van der Waals surface area contributed by atoms with Gasteiger partial charge in [0.25, 0.3) is 0 Å². The molecule has 0 unspecified atom stereocenters. The van der Waals surface area contributed by atoms with E-state index in [1.165, 1.54) is 0 Å². The maximum absolute atomic E-state index is 5.62. The number of aromatic nitrogens is 1. The molecule has 1 rings (SSSR count). The second-order valence-corrected chi connectivity index (χ2v) is 5.90. The van der Waals surface area contributed by atoms with Gasteiger partial charge in [-0.2, -0.15) is 0 Å². The fourth-order valence-electron chi connectivity index (χ4n) is 1.55. The van der Waals surface area contributed by atoms with Crippen LogP contribution in [0.25, 0.3) is 0 Å². The Morgan fingerprint density at radius 2 is 1.90 bits per heavy atom. The monoisotopic (exact) mass is 296 g/mol. The summed E-state index contributed by atoms with van der Waals surface area (Å²) in [6.45, 7) is 9.76. The molecule has 0 spiro atoms. The average Bonchev–Trinajstić information content (AvgIpc) is 2.44. The van der Waals surface area contributed by atoms with Crippen LogP contribution in [-0.4, -0.2) is 44.1 Å². The van der Waals surface area contributed by atoms with Crippen molar-refractivity contribution < 1.29 is 14.2 Å². The predicted molar refractivity (Wildman–Crippen MR) is 83.6 cm³/mol. The van der Waals surface area contributed by atoms with Gasteiger partial charge in [0.05, 0.1) is 31.7 Å².